The first-order chi connectivity index (χ1) is 11.9. The Hall–Kier alpha value is -1.60. The summed E-state index contributed by atoms with van der Waals surface area (Å²) in [6.07, 6.45) is -0.349. The van der Waals surface area contributed by atoms with E-state index in [1.54, 1.807) is 24.3 Å². The molecule has 0 aromatic heterocycles. The topological polar surface area (TPSA) is 55.8 Å². The number of rotatable bonds is 4. The molecule has 1 unspecified atom stereocenters. The predicted octanol–water partition coefficient (Wildman–Crippen LogP) is 3.42. The zero-order valence-corrected chi connectivity index (χ0v) is 15.7. The van der Waals surface area contributed by atoms with E-state index in [9.17, 15) is 8.42 Å². The lowest BCUT2D eigenvalue weighted by molar-refractivity contribution is -0.00258. The zero-order valence-electron chi connectivity index (χ0n) is 14.1. The second-order valence-corrected chi connectivity index (χ2v) is 8.27. The lowest BCUT2D eigenvalue weighted by atomic mass is 10.1. The SMILES string of the molecule is COc1ccc(C)cc1S(=O)(=O)N1CCOC(c2cccc(Cl)c2)C1. The number of benzene rings is 2. The molecule has 0 radical (unpaired) electrons. The van der Waals surface area contributed by atoms with Crippen molar-refractivity contribution in [1.29, 1.82) is 0 Å². The third-order valence-corrected chi connectivity index (χ3v) is 6.31. The molecule has 2 aromatic rings. The number of sulfonamides is 1. The number of hydrogen-bond acceptors (Lipinski definition) is 4. The Morgan fingerprint density at radius 1 is 1.24 bits per heavy atom. The Morgan fingerprint density at radius 2 is 2.04 bits per heavy atom. The van der Waals surface area contributed by atoms with Crippen LogP contribution in [0, 0.1) is 6.92 Å². The minimum atomic E-state index is -3.68. The van der Waals surface area contributed by atoms with Crippen molar-refractivity contribution < 1.29 is 17.9 Å². The lowest BCUT2D eigenvalue weighted by Crippen LogP contribution is -2.42. The minimum Gasteiger partial charge on any atom is -0.495 e. The fourth-order valence-corrected chi connectivity index (χ4v) is 4.74. The molecular weight excluding hydrogens is 362 g/mol. The maximum Gasteiger partial charge on any atom is 0.246 e. The van der Waals surface area contributed by atoms with Crippen LogP contribution in [0.25, 0.3) is 0 Å². The molecule has 5 nitrogen and oxygen atoms in total. The Bertz CT molecular complexity index is 869. The van der Waals surface area contributed by atoms with Gasteiger partial charge in [0.1, 0.15) is 10.6 Å². The van der Waals surface area contributed by atoms with Crippen LogP contribution in [0.3, 0.4) is 0 Å². The number of aryl methyl sites for hydroxylation is 1. The summed E-state index contributed by atoms with van der Waals surface area (Å²) >= 11 is 6.04. The number of ether oxygens (including phenoxy) is 2. The molecule has 134 valence electrons. The monoisotopic (exact) mass is 381 g/mol. The van der Waals surface area contributed by atoms with Gasteiger partial charge in [-0.3, -0.25) is 0 Å². The van der Waals surface area contributed by atoms with Gasteiger partial charge in [-0.25, -0.2) is 8.42 Å². The maximum atomic E-state index is 13.1. The van der Waals surface area contributed by atoms with Crippen LogP contribution in [0.1, 0.15) is 17.2 Å². The molecule has 0 aliphatic carbocycles. The van der Waals surface area contributed by atoms with Gasteiger partial charge in [0, 0.05) is 18.1 Å². The molecule has 1 aliphatic heterocycles. The average molecular weight is 382 g/mol. The third kappa shape index (κ3) is 3.82. The van der Waals surface area contributed by atoms with Gasteiger partial charge in [-0.1, -0.05) is 29.8 Å². The average Bonchev–Trinajstić information content (AvgIpc) is 2.62. The first-order valence-corrected chi connectivity index (χ1v) is 9.75. The highest BCUT2D eigenvalue weighted by Gasteiger charge is 2.33. The number of morpholine rings is 1. The van der Waals surface area contributed by atoms with Crippen molar-refractivity contribution in [3.05, 3.63) is 58.6 Å². The molecule has 7 heteroatoms. The molecule has 2 aromatic carbocycles. The fraction of sp³-hybridized carbons (Fsp3) is 0.333. The lowest BCUT2D eigenvalue weighted by Gasteiger charge is -2.32. The first kappa shape index (κ1) is 18.2. The summed E-state index contributed by atoms with van der Waals surface area (Å²) in [5, 5.41) is 0.599. The second kappa shape index (κ2) is 7.33. The van der Waals surface area contributed by atoms with Crippen LogP contribution in [0.2, 0.25) is 5.02 Å². The first-order valence-electron chi connectivity index (χ1n) is 7.93. The Balaban J connectivity index is 1.91. The van der Waals surface area contributed by atoms with Crippen LogP contribution in [0.15, 0.2) is 47.4 Å². The molecule has 1 saturated heterocycles. The second-order valence-electron chi connectivity index (χ2n) is 5.93. The molecule has 0 saturated carbocycles. The fourth-order valence-electron chi connectivity index (χ4n) is 2.88. The molecule has 3 rings (SSSR count). The van der Waals surface area contributed by atoms with Crippen LogP contribution in [-0.4, -0.2) is 39.5 Å². The predicted molar refractivity (Wildman–Crippen MR) is 96.6 cm³/mol. The van der Waals surface area contributed by atoms with Gasteiger partial charge in [0.25, 0.3) is 0 Å². The van der Waals surface area contributed by atoms with E-state index in [-0.39, 0.29) is 17.5 Å². The van der Waals surface area contributed by atoms with E-state index < -0.39 is 10.0 Å². The van der Waals surface area contributed by atoms with Gasteiger partial charge in [-0.15, -0.1) is 0 Å². The Morgan fingerprint density at radius 3 is 2.76 bits per heavy atom. The molecule has 25 heavy (non-hydrogen) atoms. The van der Waals surface area contributed by atoms with E-state index >= 15 is 0 Å². The van der Waals surface area contributed by atoms with Gasteiger partial charge in [-0.2, -0.15) is 4.31 Å². The van der Waals surface area contributed by atoms with Crippen LogP contribution in [0.4, 0.5) is 0 Å². The van der Waals surface area contributed by atoms with Gasteiger partial charge >= 0.3 is 0 Å². The van der Waals surface area contributed by atoms with E-state index in [1.165, 1.54) is 11.4 Å². The maximum absolute atomic E-state index is 13.1. The van der Waals surface area contributed by atoms with E-state index in [1.807, 2.05) is 25.1 Å². The van der Waals surface area contributed by atoms with Crippen molar-refractivity contribution in [2.24, 2.45) is 0 Å². The molecule has 1 aliphatic rings. The van der Waals surface area contributed by atoms with Crippen molar-refractivity contribution in [3.8, 4) is 5.75 Å². The molecular formula is C18H20ClNO4S. The van der Waals surface area contributed by atoms with E-state index in [0.29, 0.717) is 23.9 Å². The Kier molecular flexibility index (Phi) is 5.34. The highest BCUT2D eigenvalue weighted by Crippen LogP contribution is 2.32. The van der Waals surface area contributed by atoms with Crippen LogP contribution < -0.4 is 4.74 Å². The van der Waals surface area contributed by atoms with Gasteiger partial charge in [-0.05, 0) is 42.3 Å². The summed E-state index contributed by atoms with van der Waals surface area (Å²) in [6.45, 7) is 2.72. The van der Waals surface area contributed by atoms with Crippen molar-refractivity contribution in [2.45, 2.75) is 17.9 Å². The van der Waals surface area contributed by atoms with Crippen molar-refractivity contribution >= 4 is 21.6 Å². The van der Waals surface area contributed by atoms with Gasteiger partial charge < -0.3 is 9.47 Å². The van der Waals surface area contributed by atoms with E-state index in [4.69, 9.17) is 21.1 Å². The molecule has 0 spiro atoms. The number of methoxy groups -OCH3 is 1. The van der Waals surface area contributed by atoms with Crippen LogP contribution in [0.5, 0.6) is 5.75 Å². The molecule has 0 bridgehead atoms. The van der Waals surface area contributed by atoms with Crippen LogP contribution in [-0.2, 0) is 14.8 Å². The molecule has 1 atom stereocenters. The van der Waals surface area contributed by atoms with Crippen LogP contribution >= 0.6 is 11.6 Å². The highest BCUT2D eigenvalue weighted by atomic mass is 35.5. The van der Waals surface area contributed by atoms with E-state index in [0.717, 1.165) is 11.1 Å². The van der Waals surface area contributed by atoms with Gasteiger partial charge in [0.2, 0.25) is 10.0 Å². The smallest absolute Gasteiger partial charge is 0.246 e. The number of halogens is 1. The summed E-state index contributed by atoms with van der Waals surface area (Å²) in [4.78, 5) is 0.182. The zero-order chi connectivity index (χ0) is 18.0. The third-order valence-electron chi connectivity index (χ3n) is 4.19. The normalized spacial score (nSPS) is 18.9. The van der Waals surface area contributed by atoms with Gasteiger partial charge in [0.15, 0.2) is 0 Å². The number of nitrogens with zero attached hydrogens (tertiary/aromatic N) is 1. The van der Waals surface area contributed by atoms with Crippen molar-refractivity contribution in [3.63, 3.8) is 0 Å². The molecule has 0 N–H and O–H groups in total. The summed E-state index contributed by atoms with van der Waals surface area (Å²) < 4.78 is 38.7. The van der Waals surface area contributed by atoms with Gasteiger partial charge in [0.05, 0.1) is 19.8 Å². The standard InChI is InChI=1S/C18H20ClNO4S/c1-13-6-7-16(23-2)18(10-13)25(21,22)20-8-9-24-17(12-20)14-4-3-5-15(19)11-14/h3-7,10-11,17H,8-9,12H2,1-2H3. The number of hydrogen-bond donors (Lipinski definition) is 0. The molecule has 1 fully saturated rings. The minimum absolute atomic E-state index is 0.182. The van der Waals surface area contributed by atoms with E-state index in [2.05, 4.69) is 0 Å². The quantitative estimate of drug-likeness (QED) is 0.814. The molecule has 0 amide bonds. The summed E-state index contributed by atoms with van der Waals surface area (Å²) in [7, 11) is -2.21. The molecule has 1 heterocycles. The summed E-state index contributed by atoms with van der Waals surface area (Å²) in [5.74, 6) is 0.344. The summed E-state index contributed by atoms with van der Waals surface area (Å²) in [5.41, 5.74) is 1.72. The highest BCUT2D eigenvalue weighted by molar-refractivity contribution is 7.89. The summed E-state index contributed by atoms with van der Waals surface area (Å²) in [6, 6.07) is 12.4. The van der Waals surface area contributed by atoms with Crippen molar-refractivity contribution in [1.82, 2.24) is 4.31 Å². The Labute approximate surface area is 153 Å². The largest absolute Gasteiger partial charge is 0.495 e. The van der Waals surface area contributed by atoms with Crippen molar-refractivity contribution in [2.75, 3.05) is 26.8 Å².